The highest BCUT2D eigenvalue weighted by atomic mass is 79.9. The molecule has 1 aromatic rings. The molecule has 0 heterocycles. The summed E-state index contributed by atoms with van der Waals surface area (Å²) in [6, 6.07) is 8.87. The van der Waals surface area contributed by atoms with Gasteiger partial charge in [-0.1, -0.05) is 61.7 Å². The van der Waals surface area contributed by atoms with Crippen LogP contribution in [0.15, 0.2) is 24.3 Å². The number of benzene rings is 1. The minimum atomic E-state index is 0.231. The lowest BCUT2D eigenvalue weighted by atomic mass is 9.81. The Bertz CT molecular complexity index is 321. The average Bonchev–Trinajstić information content (AvgIpc) is 2.31. The summed E-state index contributed by atoms with van der Waals surface area (Å²) in [5.74, 6) is 1.20. The summed E-state index contributed by atoms with van der Waals surface area (Å²) in [5, 5.41) is 2.02. The summed E-state index contributed by atoms with van der Waals surface area (Å²) in [7, 11) is 0. The van der Waals surface area contributed by atoms with Gasteiger partial charge in [0.25, 0.3) is 0 Å². The van der Waals surface area contributed by atoms with Gasteiger partial charge in [0.2, 0.25) is 0 Å². The van der Waals surface area contributed by atoms with E-state index in [9.17, 15) is 0 Å². The Kier molecular flexibility index (Phi) is 6.45. The lowest BCUT2D eigenvalue weighted by Crippen LogP contribution is -2.31. The molecule has 16 heavy (non-hydrogen) atoms. The van der Waals surface area contributed by atoms with Crippen molar-refractivity contribution in [3.8, 4) is 0 Å². The Morgan fingerprint density at radius 3 is 2.44 bits per heavy atom. The first kappa shape index (κ1) is 14.6. The second-order valence-corrected chi connectivity index (χ2v) is 6.27. The number of hydrogen-bond acceptors (Lipinski definition) is 1. The Balaban J connectivity index is 2.99. The van der Waals surface area contributed by atoms with Crippen LogP contribution in [0.1, 0.15) is 17.5 Å². The fraction of sp³-hybridized carbons (Fsp3) is 0.538. The van der Waals surface area contributed by atoms with Gasteiger partial charge in [0.1, 0.15) is 0 Å². The van der Waals surface area contributed by atoms with Gasteiger partial charge in [-0.2, -0.15) is 11.8 Å². The van der Waals surface area contributed by atoms with Crippen LogP contribution in [-0.4, -0.2) is 22.7 Å². The van der Waals surface area contributed by atoms with E-state index in [2.05, 4.69) is 69.3 Å². The van der Waals surface area contributed by atoms with Crippen LogP contribution in [0.5, 0.6) is 0 Å². The molecule has 0 saturated heterocycles. The predicted octanol–water partition coefficient (Wildman–Crippen LogP) is 4.78. The van der Waals surface area contributed by atoms with Crippen LogP contribution in [0.25, 0.3) is 0 Å². The zero-order valence-corrected chi connectivity index (χ0v) is 13.8. The van der Waals surface area contributed by atoms with Crippen molar-refractivity contribution in [1.82, 2.24) is 0 Å². The second kappa shape index (κ2) is 7.07. The quantitative estimate of drug-likeness (QED) is 0.654. The highest BCUT2D eigenvalue weighted by Gasteiger charge is 2.29. The van der Waals surface area contributed by atoms with Crippen LogP contribution in [0.3, 0.4) is 0 Å². The van der Waals surface area contributed by atoms with E-state index in [1.54, 1.807) is 0 Å². The molecule has 0 amide bonds. The van der Waals surface area contributed by atoms with Crippen molar-refractivity contribution >= 4 is 43.6 Å². The lowest BCUT2D eigenvalue weighted by Gasteiger charge is -2.30. The van der Waals surface area contributed by atoms with Crippen LogP contribution in [0.4, 0.5) is 0 Å². The molecule has 90 valence electrons. The van der Waals surface area contributed by atoms with E-state index in [0.717, 1.165) is 10.7 Å². The molecule has 0 N–H and O–H groups in total. The second-order valence-electron chi connectivity index (χ2n) is 4.16. The molecule has 0 fully saturated rings. The Morgan fingerprint density at radius 1 is 1.25 bits per heavy atom. The molecular weight excluding hydrogens is 348 g/mol. The number of hydrogen-bond donors (Lipinski definition) is 0. The van der Waals surface area contributed by atoms with Crippen molar-refractivity contribution in [3.05, 3.63) is 35.4 Å². The molecule has 0 saturated carbocycles. The van der Waals surface area contributed by atoms with Crippen molar-refractivity contribution in [3.63, 3.8) is 0 Å². The molecule has 0 radical (unpaired) electrons. The third-order valence-corrected chi connectivity index (χ3v) is 5.69. The molecule has 1 rings (SSSR count). The monoisotopic (exact) mass is 364 g/mol. The van der Waals surface area contributed by atoms with Crippen molar-refractivity contribution in [2.45, 2.75) is 18.8 Å². The van der Waals surface area contributed by atoms with Gasteiger partial charge in [-0.25, -0.2) is 0 Å². The summed E-state index contributed by atoms with van der Waals surface area (Å²) < 4.78 is 0. The lowest BCUT2D eigenvalue weighted by molar-refractivity contribution is 0.538. The highest BCUT2D eigenvalue weighted by molar-refractivity contribution is 9.09. The van der Waals surface area contributed by atoms with Crippen LogP contribution in [0.2, 0.25) is 0 Å². The van der Waals surface area contributed by atoms with Gasteiger partial charge in [-0.15, -0.1) is 0 Å². The fourth-order valence-electron chi connectivity index (χ4n) is 1.74. The molecule has 0 spiro atoms. The van der Waals surface area contributed by atoms with E-state index in [1.807, 2.05) is 11.8 Å². The molecule has 0 aromatic heterocycles. The van der Waals surface area contributed by atoms with Crippen molar-refractivity contribution < 1.29 is 0 Å². The zero-order valence-electron chi connectivity index (χ0n) is 9.80. The van der Waals surface area contributed by atoms with Crippen LogP contribution in [-0.2, 0) is 5.41 Å². The van der Waals surface area contributed by atoms with Gasteiger partial charge in [-0.3, -0.25) is 0 Å². The van der Waals surface area contributed by atoms with E-state index in [0.29, 0.717) is 0 Å². The van der Waals surface area contributed by atoms with Gasteiger partial charge in [-0.05, 0) is 30.9 Å². The fourth-order valence-corrected chi connectivity index (χ4v) is 4.47. The normalized spacial score (nSPS) is 11.8. The van der Waals surface area contributed by atoms with E-state index in [1.165, 1.54) is 23.3 Å². The summed E-state index contributed by atoms with van der Waals surface area (Å²) >= 11 is 9.29. The van der Waals surface area contributed by atoms with Crippen LogP contribution in [0, 0.1) is 6.92 Å². The number of alkyl halides is 2. The van der Waals surface area contributed by atoms with Gasteiger partial charge < -0.3 is 0 Å². The number of thioether (sulfide) groups is 1. The molecule has 1 aromatic carbocycles. The first-order valence-corrected chi connectivity index (χ1v) is 9.00. The maximum Gasteiger partial charge on any atom is 0.0155 e. The number of rotatable bonds is 6. The van der Waals surface area contributed by atoms with Crippen molar-refractivity contribution in [1.29, 1.82) is 0 Å². The number of halogens is 2. The van der Waals surface area contributed by atoms with E-state index in [-0.39, 0.29) is 5.41 Å². The average molecular weight is 366 g/mol. The molecule has 0 nitrogen and oxygen atoms in total. The van der Waals surface area contributed by atoms with E-state index < -0.39 is 0 Å². The molecular formula is C13H18Br2S. The van der Waals surface area contributed by atoms with E-state index in [4.69, 9.17) is 0 Å². The first-order valence-electron chi connectivity index (χ1n) is 5.36. The number of aryl methyl sites for hydroxylation is 1. The largest absolute Gasteiger partial charge is 0.165 e. The summed E-state index contributed by atoms with van der Waals surface area (Å²) in [6.45, 7) is 2.16. The third-order valence-electron chi connectivity index (χ3n) is 2.93. The highest BCUT2D eigenvalue weighted by Crippen LogP contribution is 2.33. The molecule has 0 unspecified atom stereocenters. The summed E-state index contributed by atoms with van der Waals surface area (Å²) in [4.78, 5) is 0. The third kappa shape index (κ3) is 3.51. The topological polar surface area (TPSA) is 0 Å². The van der Waals surface area contributed by atoms with Crippen molar-refractivity contribution in [2.24, 2.45) is 0 Å². The maximum atomic E-state index is 3.69. The smallest absolute Gasteiger partial charge is 0.0155 e. The first-order chi connectivity index (χ1) is 7.68. The molecule has 3 heteroatoms. The van der Waals surface area contributed by atoms with Gasteiger partial charge in [0, 0.05) is 16.1 Å². The maximum absolute atomic E-state index is 3.69. The predicted molar refractivity (Wildman–Crippen MR) is 83.4 cm³/mol. The molecule has 0 bridgehead atoms. The molecule has 0 atom stereocenters. The zero-order chi connectivity index (χ0) is 12.0. The minimum Gasteiger partial charge on any atom is -0.165 e. The molecule has 0 aliphatic rings. The Hall–Kier alpha value is 0.530. The van der Waals surface area contributed by atoms with E-state index >= 15 is 0 Å². The Morgan fingerprint density at radius 2 is 1.94 bits per heavy atom. The SMILES string of the molecule is CSCCC(CBr)(CBr)c1cccc(C)c1. The van der Waals surface area contributed by atoms with Crippen molar-refractivity contribution in [2.75, 3.05) is 22.7 Å². The van der Waals surface area contributed by atoms with Gasteiger partial charge in [0.15, 0.2) is 0 Å². The van der Waals surface area contributed by atoms with Crippen LogP contribution >= 0.6 is 43.6 Å². The summed E-state index contributed by atoms with van der Waals surface area (Å²) in [5.41, 5.74) is 3.01. The molecule has 0 aliphatic carbocycles. The standard InChI is InChI=1S/C13H18Br2S/c1-11-4-3-5-12(8-11)13(9-14,10-15)6-7-16-2/h3-5,8H,6-7,9-10H2,1-2H3. The summed E-state index contributed by atoms with van der Waals surface area (Å²) in [6.07, 6.45) is 3.37. The van der Waals surface area contributed by atoms with Crippen LogP contribution < -0.4 is 0 Å². The minimum absolute atomic E-state index is 0.231. The Labute approximate surface area is 120 Å². The van der Waals surface area contributed by atoms with Gasteiger partial charge >= 0.3 is 0 Å². The molecule has 0 aliphatic heterocycles. The van der Waals surface area contributed by atoms with Gasteiger partial charge in [0.05, 0.1) is 0 Å².